The molecule has 2 heterocycles. The molecule has 3 heteroatoms. The summed E-state index contributed by atoms with van der Waals surface area (Å²) in [5, 5.41) is 3.48. The Labute approximate surface area is 117 Å². The number of hydrogen-bond donors (Lipinski definition) is 1. The Morgan fingerprint density at radius 1 is 1.37 bits per heavy atom. The number of aromatic nitrogens is 1. The highest BCUT2D eigenvalue weighted by Gasteiger charge is 2.32. The standard InChI is InChI=1S/C16H27N3/c1-12(2)17-11-14-9-13(3)18-15(10-14)19-8-6-7-16(19,4)5/h9-10,12,17H,6-8,11H2,1-5H3. The maximum atomic E-state index is 4.74. The second kappa shape index (κ2) is 5.49. The Kier molecular flexibility index (Phi) is 4.14. The molecule has 0 amide bonds. The van der Waals surface area contributed by atoms with Gasteiger partial charge in [-0.3, -0.25) is 0 Å². The van der Waals surface area contributed by atoms with Gasteiger partial charge in [-0.1, -0.05) is 13.8 Å². The highest BCUT2D eigenvalue weighted by Crippen LogP contribution is 2.32. The second-order valence-electron chi connectivity index (χ2n) is 6.58. The van der Waals surface area contributed by atoms with Gasteiger partial charge in [0, 0.05) is 30.4 Å². The predicted octanol–water partition coefficient (Wildman–Crippen LogP) is 3.27. The number of pyridine rings is 1. The van der Waals surface area contributed by atoms with E-state index in [1.165, 1.54) is 18.4 Å². The van der Waals surface area contributed by atoms with Gasteiger partial charge in [0.05, 0.1) is 0 Å². The minimum absolute atomic E-state index is 0.240. The van der Waals surface area contributed by atoms with Crippen LogP contribution in [-0.4, -0.2) is 23.1 Å². The Morgan fingerprint density at radius 3 is 2.68 bits per heavy atom. The van der Waals surface area contributed by atoms with E-state index in [1.54, 1.807) is 0 Å². The fraction of sp³-hybridized carbons (Fsp3) is 0.688. The fourth-order valence-electron chi connectivity index (χ4n) is 2.82. The molecule has 0 aliphatic carbocycles. The van der Waals surface area contributed by atoms with Crippen LogP contribution >= 0.6 is 0 Å². The summed E-state index contributed by atoms with van der Waals surface area (Å²) >= 11 is 0. The highest BCUT2D eigenvalue weighted by atomic mass is 15.3. The lowest BCUT2D eigenvalue weighted by Gasteiger charge is -2.33. The summed E-state index contributed by atoms with van der Waals surface area (Å²) in [6.07, 6.45) is 2.52. The van der Waals surface area contributed by atoms with Crippen LogP contribution in [0.1, 0.15) is 51.8 Å². The van der Waals surface area contributed by atoms with Gasteiger partial charge in [-0.15, -0.1) is 0 Å². The van der Waals surface area contributed by atoms with Crippen molar-refractivity contribution in [3.05, 3.63) is 23.4 Å². The molecule has 0 saturated carbocycles. The second-order valence-corrected chi connectivity index (χ2v) is 6.58. The van der Waals surface area contributed by atoms with Gasteiger partial charge in [0.1, 0.15) is 5.82 Å². The number of rotatable bonds is 4. The molecule has 2 rings (SSSR count). The molecule has 0 radical (unpaired) electrons. The van der Waals surface area contributed by atoms with E-state index in [0.29, 0.717) is 6.04 Å². The van der Waals surface area contributed by atoms with E-state index in [9.17, 15) is 0 Å². The molecule has 1 saturated heterocycles. The summed E-state index contributed by atoms with van der Waals surface area (Å²) < 4.78 is 0. The SMILES string of the molecule is Cc1cc(CNC(C)C)cc(N2CCCC2(C)C)n1. The quantitative estimate of drug-likeness (QED) is 0.901. The van der Waals surface area contributed by atoms with Crippen LogP contribution in [-0.2, 0) is 6.54 Å². The van der Waals surface area contributed by atoms with E-state index in [2.05, 4.69) is 57.0 Å². The molecule has 1 fully saturated rings. The smallest absolute Gasteiger partial charge is 0.129 e. The van der Waals surface area contributed by atoms with Crippen molar-refractivity contribution in [3.63, 3.8) is 0 Å². The Hall–Kier alpha value is -1.09. The van der Waals surface area contributed by atoms with Crippen LogP contribution in [0.2, 0.25) is 0 Å². The topological polar surface area (TPSA) is 28.2 Å². The van der Waals surface area contributed by atoms with E-state index in [4.69, 9.17) is 4.98 Å². The van der Waals surface area contributed by atoms with Crippen molar-refractivity contribution in [3.8, 4) is 0 Å². The molecule has 1 aliphatic heterocycles. The maximum absolute atomic E-state index is 4.74. The first-order chi connectivity index (χ1) is 8.88. The molecule has 1 aromatic rings. The van der Waals surface area contributed by atoms with Crippen molar-refractivity contribution in [2.75, 3.05) is 11.4 Å². The lowest BCUT2D eigenvalue weighted by Crippen LogP contribution is -2.38. The first kappa shape index (κ1) is 14.3. The first-order valence-electron chi connectivity index (χ1n) is 7.37. The maximum Gasteiger partial charge on any atom is 0.129 e. The summed E-state index contributed by atoms with van der Waals surface area (Å²) in [4.78, 5) is 7.19. The first-order valence-corrected chi connectivity index (χ1v) is 7.37. The van der Waals surface area contributed by atoms with Crippen LogP contribution < -0.4 is 10.2 Å². The number of aryl methyl sites for hydroxylation is 1. The van der Waals surface area contributed by atoms with E-state index in [1.807, 2.05) is 0 Å². The van der Waals surface area contributed by atoms with Crippen molar-refractivity contribution in [2.24, 2.45) is 0 Å². The van der Waals surface area contributed by atoms with Crippen molar-refractivity contribution in [1.82, 2.24) is 10.3 Å². The molecule has 106 valence electrons. The minimum Gasteiger partial charge on any atom is -0.351 e. The van der Waals surface area contributed by atoms with Crippen molar-refractivity contribution >= 4 is 5.82 Å². The van der Waals surface area contributed by atoms with E-state index >= 15 is 0 Å². The van der Waals surface area contributed by atoms with E-state index in [-0.39, 0.29) is 5.54 Å². The number of nitrogens with zero attached hydrogens (tertiary/aromatic N) is 2. The fourth-order valence-corrected chi connectivity index (χ4v) is 2.82. The Balaban J connectivity index is 2.21. The van der Waals surface area contributed by atoms with Crippen LogP contribution in [0.25, 0.3) is 0 Å². The van der Waals surface area contributed by atoms with Crippen LogP contribution in [0.5, 0.6) is 0 Å². The van der Waals surface area contributed by atoms with Gasteiger partial charge in [0.15, 0.2) is 0 Å². The third-order valence-corrected chi connectivity index (χ3v) is 3.89. The van der Waals surface area contributed by atoms with Gasteiger partial charge in [-0.05, 0) is 51.3 Å². The number of nitrogens with one attached hydrogen (secondary N) is 1. The third-order valence-electron chi connectivity index (χ3n) is 3.89. The molecule has 0 aromatic carbocycles. The number of hydrogen-bond acceptors (Lipinski definition) is 3. The third kappa shape index (κ3) is 3.47. The van der Waals surface area contributed by atoms with Gasteiger partial charge >= 0.3 is 0 Å². The van der Waals surface area contributed by atoms with Gasteiger partial charge in [0.2, 0.25) is 0 Å². The van der Waals surface area contributed by atoms with Gasteiger partial charge < -0.3 is 10.2 Å². The Morgan fingerprint density at radius 2 is 2.11 bits per heavy atom. The Bertz CT molecular complexity index is 438. The van der Waals surface area contributed by atoms with Crippen LogP contribution in [0.15, 0.2) is 12.1 Å². The zero-order valence-electron chi connectivity index (χ0n) is 13.0. The molecule has 0 bridgehead atoms. The lowest BCUT2D eigenvalue weighted by molar-refractivity contribution is 0.513. The molecule has 3 nitrogen and oxygen atoms in total. The molecule has 1 aromatic heterocycles. The normalized spacial score (nSPS) is 18.3. The molecular formula is C16H27N3. The van der Waals surface area contributed by atoms with E-state index < -0.39 is 0 Å². The summed E-state index contributed by atoms with van der Waals surface area (Å²) in [7, 11) is 0. The molecular weight excluding hydrogens is 234 g/mol. The predicted molar refractivity (Wildman–Crippen MR) is 81.6 cm³/mol. The minimum atomic E-state index is 0.240. The van der Waals surface area contributed by atoms with Crippen molar-refractivity contribution in [1.29, 1.82) is 0 Å². The molecule has 0 atom stereocenters. The van der Waals surface area contributed by atoms with E-state index in [0.717, 1.165) is 24.6 Å². The zero-order valence-corrected chi connectivity index (χ0v) is 13.0. The van der Waals surface area contributed by atoms with Crippen molar-refractivity contribution < 1.29 is 0 Å². The average Bonchev–Trinajstić information content (AvgIpc) is 2.65. The molecule has 0 spiro atoms. The van der Waals surface area contributed by atoms with Crippen LogP contribution in [0, 0.1) is 6.92 Å². The molecule has 0 unspecified atom stereocenters. The molecule has 1 aliphatic rings. The molecule has 19 heavy (non-hydrogen) atoms. The summed E-state index contributed by atoms with van der Waals surface area (Å²) in [5.41, 5.74) is 2.68. The van der Waals surface area contributed by atoms with Crippen LogP contribution in [0.3, 0.4) is 0 Å². The van der Waals surface area contributed by atoms with Gasteiger partial charge in [0.25, 0.3) is 0 Å². The van der Waals surface area contributed by atoms with Crippen LogP contribution in [0.4, 0.5) is 5.82 Å². The summed E-state index contributed by atoms with van der Waals surface area (Å²) in [6.45, 7) is 13.1. The van der Waals surface area contributed by atoms with Gasteiger partial charge in [-0.25, -0.2) is 4.98 Å². The summed E-state index contributed by atoms with van der Waals surface area (Å²) in [6, 6.07) is 4.94. The monoisotopic (exact) mass is 261 g/mol. The van der Waals surface area contributed by atoms with Gasteiger partial charge in [-0.2, -0.15) is 0 Å². The van der Waals surface area contributed by atoms with Crippen molar-refractivity contribution in [2.45, 2.75) is 65.6 Å². The largest absolute Gasteiger partial charge is 0.351 e. The molecule has 1 N–H and O–H groups in total. The highest BCUT2D eigenvalue weighted by molar-refractivity contribution is 5.46. The average molecular weight is 261 g/mol. The zero-order chi connectivity index (χ0) is 14.0. The summed E-state index contributed by atoms with van der Waals surface area (Å²) in [5.74, 6) is 1.14. The number of anilines is 1. The lowest BCUT2D eigenvalue weighted by atomic mass is 10.0.